The third kappa shape index (κ3) is 5.44. The molecule has 0 saturated carbocycles. The lowest BCUT2D eigenvalue weighted by Crippen LogP contribution is -2.43. The van der Waals surface area contributed by atoms with Gasteiger partial charge in [0.15, 0.2) is 0 Å². The zero-order valence-electron chi connectivity index (χ0n) is 11.7. The number of benzene rings is 1. The summed E-state index contributed by atoms with van der Waals surface area (Å²) >= 11 is 3.23. The highest BCUT2D eigenvalue weighted by Crippen LogP contribution is 2.20. The van der Waals surface area contributed by atoms with Crippen molar-refractivity contribution in [2.24, 2.45) is 5.92 Å². The lowest BCUT2D eigenvalue weighted by atomic mass is 10.0. The zero-order valence-corrected chi connectivity index (χ0v) is 13.3. The Morgan fingerprint density at radius 2 is 2.10 bits per heavy atom. The summed E-state index contributed by atoms with van der Waals surface area (Å²) < 4.78 is 0.716. The van der Waals surface area contributed by atoms with Crippen molar-refractivity contribution in [3.05, 3.63) is 28.2 Å². The number of nitrogens with zero attached hydrogens (tertiary/aromatic N) is 1. The molecule has 0 aliphatic heterocycles. The highest BCUT2D eigenvalue weighted by atomic mass is 79.9. The highest BCUT2D eigenvalue weighted by molar-refractivity contribution is 9.10. The van der Waals surface area contributed by atoms with Gasteiger partial charge in [-0.1, -0.05) is 29.8 Å². The van der Waals surface area contributed by atoms with Gasteiger partial charge >= 0.3 is 12.0 Å². The second-order valence-corrected chi connectivity index (χ2v) is 5.84. The number of hydrogen-bond acceptors (Lipinski definition) is 3. The van der Waals surface area contributed by atoms with Crippen LogP contribution in [-0.4, -0.2) is 23.1 Å². The van der Waals surface area contributed by atoms with Crippen LogP contribution in [0.4, 0.5) is 10.5 Å². The second kappa shape index (κ2) is 7.64. The van der Waals surface area contributed by atoms with E-state index in [1.807, 2.05) is 19.9 Å². The van der Waals surface area contributed by atoms with Crippen LogP contribution in [0.1, 0.15) is 25.8 Å². The molecule has 7 heteroatoms. The fourth-order valence-corrected chi connectivity index (χ4v) is 2.09. The Labute approximate surface area is 131 Å². The molecular formula is C14H16BrN3O3. The number of carboxylic acids is 1. The van der Waals surface area contributed by atoms with Crippen LogP contribution in [0.3, 0.4) is 0 Å². The van der Waals surface area contributed by atoms with E-state index >= 15 is 0 Å². The number of anilines is 1. The van der Waals surface area contributed by atoms with Crippen LogP contribution < -0.4 is 10.6 Å². The largest absolute Gasteiger partial charge is 0.480 e. The van der Waals surface area contributed by atoms with E-state index in [4.69, 9.17) is 10.4 Å². The number of nitriles is 1. The molecule has 0 aromatic heterocycles. The molecule has 1 atom stereocenters. The second-order valence-electron chi connectivity index (χ2n) is 4.92. The van der Waals surface area contributed by atoms with E-state index in [1.165, 1.54) is 0 Å². The van der Waals surface area contributed by atoms with Crippen LogP contribution in [0.2, 0.25) is 0 Å². The predicted molar refractivity (Wildman–Crippen MR) is 81.9 cm³/mol. The molecule has 0 aliphatic rings. The molecule has 3 N–H and O–H groups in total. The summed E-state index contributed by atoms with van der Waals surface area (Å²) in [5, 5.41) is 23.0. The van der Waals surface area contributed by atoms with E-state index < -0.39 is 18.0 Å². The van der Waals surface area contributed by atoms with Crippen molar-refractivity contribution in [2.75, 3.05) is 5.32 Å². The molecule has 1 aromatic carbocycles. The first-order valence-corrected chi connectivity index (χ1v) is 7.12. The summed E-state index contributed by atoms with van der Waals surface area (Å²) in [6, 6.07) is 5.16. The molecule has 0 heterocycles. The summed E-state index contributed by atoms with van der Waals surface area (Å²) in [5.74, 6) is -0.955. The van der Waals surface area contributed by atoms with Gasteiger partial charge < -0.3 is 15.7 Å². The summed E-state index contributed by atoms with van der Waals surface area (Å²) in [4.78, 5) is 22.9. The van der Waals surface area contributed by atoms with Gasteiger partial charge in [0, 0.05) is 4.47 Å². The molecular weight excluding hydrogens is 338 g/mol. The Hall–Kier alpha value is -2.07. The monoisotopic (exact) mass is 353 g/mol. The molecule has 21 heavy (non-hydrogen) atoms. The smallest absolute Gasteiger partial charge is 0.326 e. The minimum absolute atomic E-state index is 0.133. The maximum atomic E-state index is 11.9. The van der Waals surface area contributed by atoms with Gasteiger partial charge in [-0.15, -0.1) is 0 Å². The third-order valence-electron chi connectivity index (χ3n) is 2.66. The van der Waals surface area contributed by atoms with Crippen LogP contribution in [-0.2, 0) is 4.79 Å². The van der Waals surface area contributed by atoms with Gasteiger partial charge in [-0.25, -0.2) is 9.59 Å². The van der Waals surface area contributed by atoms with E-state index in [2.05, 4.69) is 26.6 Å². The molecule has 0 spiro atoms. The summed E-state index contributed by atoms with van der Waals surface area (Å²) in [6.07, 6.45) is 0.328. The molecule has 6 nitrogen and oxygen atoms in total. The van der Waals surface area contributed by atoms with Crippen LogP contribution in [0.25, 0.3) is 0 Å². The highest BCUT2D eigenvalue weighted by Gasteiger charge is 2.21. The standard InChI is InChI=1S/C14H16BrN3O3/c1-8(2)5-12(13(19)20)18-14(21)17-11-4-3-10(15)6-9(11)7-16/h3-4,6,8,12H,5H2,1-2H3,(H,19,20)(H2,17,18,21)/t12-/m1/s1. The molecule has 0 radical (unpaired) electrons. The molecule has 0 unspecified atom stereocenters. The van der Waals surface area contributed by atoms with E-state index in [0.717, 1.165) is 0 Å². The van der Waals surface area contributed by atoms with Crippen molar-refractivity contribution >= 4 is 33.6 Å². The first kappa shape index (κ1) is 17.0. The number of carboxylic acid groups (broad SMARTS) is 1. The lowest BCUT2D eigenvalue weighted by Gasteiger charge is -2.17. The first-order valence-electron chi connectivity index (χ1n) is 6.33. The number of amides is 2. The molecule has 0 aliphatic carbocycles. The van der Waals surface area contributed by atoms with Gasteiger partial charge in [0.05, 0.1) is 11.3 Å². The predicted octanol–water partition coefficient (Wildman–Crippen LogP) is 2.94. The van der Waals surface area contributed by atoms with Crippen molar-refractivity contribution in [3.8, 4) is 6.07 Å². The molecule has 112 valence electrons. The van der Waals surface area contributed by atoms with Gasteiger partial charge in [0.25, 0.3) is 0 Å². The topological polar surface area (TPSA) is 102 Å². The van der Waals surface area contributed by atoms with Crippen molar-refractivity contribution in [1.29, 1.82) is 5.26 Å². The van der Waals surface area contributed by atoms with E-state index in [1.54, 1.807) is 18.2 Å². The van der Waals surface area contributed by atoms with Gasteiger partial charge in [-0.3, -0.25) is 0 Å². The summed E-state index contributed by atoms with van der Waals surface area (Å²) in [6.45, 7) is 3.75. The number of hydrogen-bond donors (Lipinski definition) is 3. The number of aliphatic carboxylic acids is 1. The van der Waals surface area contributed by atoms with Crippen molar-refractivity contribution in [2.45, 2.75) is 26.3 Å². The number of urea groups is 1. The minimum Gasteiger partial charge on any atom is -0.480 e. The first-order chi connectivity index (χ1) is 9.83. The molecule has 1 aromatic rings. The summed E-state index contributed by atoms with van der Waals surface area (Å²) in [5.41, 5.74) is 0.613. The number of carbonyl (C=O) groups excluding carboxylic acids is 1. The van der Waals surface area contributed by atoms with Gasteiger partial charge in [0.2, 0.25) is 0 Å². The number of halogens is 1. The third-order valence-corrected chi connectivity index (χ3v) is 3.15. The molecule has 0 bridgehead atoms. The average molecular weight is 354 g/mol. The Kier molecular flexibility index (Phi) is 6.18. The van der Waals surface area contributed by atoms with Crippen LogP contribution in [0, 0.1) is 17.2 Å². The Bertz CT molecular complexity index is 581. The quantitative estimate of drug-likeness (QED) is 0.756. The number of carbonyl (C=O) groups is 2. The maximum absolute atomic E-state index is 11.9. The Morgan fingerprint density at radius 1 is 1.43 bits per heavy atom. The Morgan fingerprint density at radius 3 is 2.62 bits per heavy atom. The minimum atomic E-state index is -1.09. The van der Waals surface area contributed by atoms with Gasteiger partial charge in [-0.2, -0.15) is 5.26 Å². The van der Waals surface area contributed by atoms with Gasteiger partial charge in [-0.05, 0) is 30.5 Å². The maximum Gasteiger partial charge on any atom is 0.326 e. The SMILES string of the molecule is CC(C)C[C@@H](NC(=O)Nc1ccc(Br)cc1C#N)C(=O)O. The van der Waals surface area contributed by atoms with Crippen LogP contribution >= 0.6 is 15.9 Å². The normalized spacial score (nSPS) is 11.6. The van der Waals surface area contributed by atoms with Gasteiger partial charge in [0.1, 0.15) is 12.1 Å². The van der Waals surface area contributed by atoms with Crippen LogP contribution in [0.15, 0.2) is 22.7 Å². The molecule has 1 rings (SSSR count). The molecule has 2 amide bonds. The van der Waals surface area contributed by atoms with Crippen LogP contribution in [0.5, 0.6) is 0 Å². The molecule has 0 saturated heterocycles. The number of nitrogens with one attached hydrogen (secondary N) is 2. The lowest BCUT2D eigenvalue weighted by molar-refractivity contribution is -0.139. The van der Waals surface area contributed by atoms with Crippen molar-refractivity contribution < 1.29 is 14.7 Å². The molecule has 0 fully saturated rings. The number of rotatable bonds is 5. The average Bonchev–Trinajstić information content (AvgIpc) is 2.39. The fraction of sp³-hybridized carbons (Fsp3) is 0.357. The van der Waals surface area contributed by atoms with E-state index in [0.29, 0.717) is 16.6 Å². The van der Waals surface area contributed by atoms with Crippen molar-refractivity contribution in [3.63, 3.8) is 0 Å². The fourth-order valence-electron chi connectivity index (χ4n) is 1.73. The van der Waals surface area contributed by atoms with E-state index in [9.17, 15) is 9.59 Å². The van der Waals surface area contributed by atoms with Crippen molar-refractivity contribution in [1.82, 2.24) is 5.32 Å². The Balaban J connectivity index is 2.77. The summed E-state index contributed by atoms with van der Waals surface area (Å²) in [7, 11) is 0. The van der Waals surface area contributed by atoms with E-state index in [-0.39, 0.29) is 11.5 Å². The zero-order chi connectivity index (χ0) is 16.0.